The molecule has 1 N–H and O–H groups in total. The van der Waals surface area contributed by atoms with E-state index in [0.717, 1.165) is 38.0 Å². The summed E-state index contributed by atoms with van der Waals surface area (Å²) in [7, 11) is 4.15. The molecule has 0 heterocycles. The van der Waals surface area contributed by atoms with Crippen molar-refractivity contribution in [3.63, 3.8) is 0 Å². The van der Waals surface area contributed by atoms with E-state index in [1.54, 1.807) is 0 Å². The van der Waals surface area contributed by atoms with E-state index in [4.69, 9.17) is 0 Å². The second kappa shape index (κ2) is 9.46. The Bertz CT molecular complexity index is 202. The molecule has 102 valence electrons. The normalized spacial score (nSPS) is 13.1. The van der Waals surface area contributed by atoms with Crippen molar-refractivity contribution in [3.8, 4) is 0 Å². The van der Waals surface area contributed by atoms with E-state index in [-0.39, 0.29) is 5.92 Å². The number of nitrogens with zero attached hydrogens (tertiary/aromatic N) is 1. The van der Waals surface area contributed by atoms with Crippen molar-refractivity contribution in [3.05, 3.63) is 12.3 Å². The SMILES string of the molecule is C=C(CCCN(C)C)NCCCC(F)C(C)C. The lowest BCUT2D eigenvalue weighted by Gasteiger charge is -2.14. The van der Waals surface area contributed by atoms with Crippen LogP contribution >= 0.6 is 0 Å². The first kappa shape index (κ1) is 16.4. The van der Waals surface area contributed by atoms with Crippen molar-refractivity contribution in [1.29, 1.82) is 0 Å². The first-order chi connectivity index (χ1) is 7.93. The van der Waals surface area contributed by atoms with E-state index >= 15 is 0 Å². The molecule has 1 atom stereocenters. The van der Waals surface area contributed by atoms with E-state index in [2.05, 4.69) is 30.9 Å². The zero-order valence-electron chi connectivity index (χ0n) is 11.9. The Kier molecular flexibility index (Phi) is 9.14. The van der Waals surface area contributed by atoms with E-state index in [1.165, 1.54) is 0 Å². The minimum Gasteiger partial charge on any atom is -0.389 e. The summed E-state index contributed by atoms with van der Waals surface area (Å²) < 4.78 is 13.3. The van der Waals surface area contributed by atoms with Crippen LogP contribution in [-0.2, 0) is 0 Å². The van der Waals surface area contributed by atoms with Gasteiger partial charge in [0.15, 0.2) is 0 Å². The number of hydrogen-bond donors (Lipinski definition) is 1. The lowest BCUT2D eigenvalue weighted by atomic mass is 10.0. The largest absolute Gasteiger partial charge is 0.389 e. The van der Waals surface area contributed by atoms with Gasteiger partial charge in [-0.05, 0) is 52.2 Å². The number of rotatable bonds is 10. The van der Waals surface area contributed by atoms with Crippen LogP contribution in [0.25, 0.3) is 0 Å². The Labute approximate surface area is 106 Å². The topological polar surface area (TPSA) is 15.3 Å². The highest BCUT2D eigenvalue weighted by Crippen LogP contribution is 2.12. The van der Waals surface area contributed by atoms with Crippen molar-refractivity contribution in [2.75, 3.05) is 27.2 Å². The molecular weight excluding hydrogens is 215 g/mol. The van der Waals surface area contributed by atoms with E-state index < -0.39 is 6.17 Å². The van der Waals surface area contributed by atoms with Crippen LogP contribution in [0.15, 0.2) is 12.3 Å². The third kappa shape index (κ3) is 10.3. The summed E-state index contributed by atoms with van der Waals surface area (Å²) in [6, 6.07) is 0. The summed E-state index contributed by atoms with van der Waals surface area (Å²) >= 11 is 0. The average molecular weight is 244 g/mol. The van der Waals surface area contributed by atoms with Crippen LogP contribution < -0.4 is 5.32 Å². The van der Waals surface area contributed by atoms with Crippen LogP contribution in [-0.4, -0.2) is 38.3 Å². The van der Waals surface area contributed by atoms with Crippen molar-refractivity contribution >= 4 is 0 Å². The fourth-order valence-electron chi connectivity index (χ4n) is 1.59. The van der Waals surface area contributed by atoms with Gasteiger partial charge in [0.2, 0.25) is 0 Å². The highest BCUT2D eigenvalue weighted by atomic mass is 19.1. The van der Waals surface area contributed by atoms with E-state index in [1.807, 2.05) is 13.8 Å². The molecule has 0 amide bonds. The molecule has 0 rings (SSSR count). The minimum atomic E-state index is -0.668. The van der Waals surface area contributed by atoms with Gasteiger partial charge < -0.3 is 10.2 Å². The van der Waals surface area contributed by atoms with Crippen molar-refractivity contribution in [2.24, 2.45) is 5.92 Å². The summed E-state index contributed by atoms with van der Waals surface area (Å²) in [5.41, 5.74) is 1.08. The Morgan fingerprint density at radius 3 is 2.47 bits per heavy atom. The summed E-state index contributed by atoms with van der Waals surface area (Å²) in [6.45, 7) is 9.76. The first-order valence-electron chi connectivity index (χ1n) is 6.64. The van der Waals surface area contributed by atoms with Gasteiger partial charge in [0.1, 0.15) is 6.17 Å². The Morgan fingerprint density at radius 1 is 1.29 bits per heavy atom. The molecule has 0 aliphatic rings. The first-order valence-corrected chi connectivity index (χ1v) is 6.64. The molecule has 0 aromatic heterocycles. The number of halogens is 1. The third-order valence-electron chi connectivity index (χ3n) is 2.84. The monoisotopic (exact) mass is 244 g/mol. The standard InChI is InChI=1S/C14H29FN2/c1-12(2)14(15)9-6-10-16-13(3)8-7-11-17(4)5/h12,14,16H,3,6-11H2,1-2,4-5H3. The van der Waals surface area contributed by atoms with Gasteiger partial charge in [-0.1, -0.05) is 20.4 Å². The molecule has 0 aromatic rings. The Balaban J connectivity index is 3.39. The van der Waals surface area contributed by atoms with Crippen molar-refractivity contribution < 1.29 is 4.39 Å². The molecule has 17 heavy (non-hydrogen) atoms. The summed E-state index contributed by atoms with van der Waals surface area (Å²) in [5.74, 6) is 0.137. The molecule has 1 unspecified atom stereocenters. The molecule has 0 aliphatic carbocycles. The summed E-state index contributed by atoms with van der Waals surface area (Å²) in [6.07, 6.45) is 2.98. The maximum Gasteiger partial charge on any atom is 0.102 e. The Hall–Kier alpha value is -0.570. The second-order valence-corrected chi connectivity index (χ2v) is 5.34. The Morgan fingerprint density at radius 2 is 1.94 bits per heavy atom. The fraction of sp³-hybridized carbons (Fsp3) is 0.857. The zero-order valence-corrected chi connectivity index (χ0v) is 11.9. The molecule has 0 bridgehead atoms. The molecule has 2 nitrogen and oxygen atoms in total. The molecule has 0 aliphatic heterocycles. The van der Waals surface area contributed by atoms with Gasteiger partial charge >= 0.3 is 0 Å². The molecular formula is C14H29FN2. The van der Waals surface area contributed by atoms with Gasteiger partial charge in [0.25, 0.3) is 0 Å². The van der Waals surface area contributed by atoms with Gasteiger partial charge in [-0.2, -0.15) is 0 Å². The van der Waals surface area contributed by atoms with Gasteiger partial charge in [-0.15, -0.1) is 0 Å². The quantitative estimate of drug-likeness (QED) is 0.594. The van der Waals surface area contributed by atoms with Gasteiger partial charge in [0.05, 0.1) is 0 Å². The highest BCUT2D eigenvalue weighted by Gasteiger charge is 2.10. The van der Waals surface area contributed by atoms with Crippen LogP contribution in [0.1, 0.15) is 39.5 Å². The van der Waals surface area contributed by atoms with Crippen LogP contribution in [0.3, 0.4) is 0 Å². The molecule has 0 aromatic carbocycles. The molecule has 0 saturated carbocycles. The van der Waals surface area contributed by atoms with Crippen molar-refractivity contribution in [2.45, 2.75) is 45.7 Å². The average Bonchev–Trinajstić information content (AvgIpc) is 2.23. The van der Waals surface area contributed by atoms with Crippen LogP contribution in [0, 0.1) is 5.92 Å². The summed E-state index contributed by atoms with van der Waals surface area (Å²) in [4.78, 5) is 2.17. The van der Waals surface area contributed by atoms with Crippen molar-refractivity contribution in [1.82, 2.24) is 10.2 Å². The summed E-state index contributed by atoms with van der Waals surface area (Å²) in [5, 5.41) is 3.27. The van der Waals surface area contributed by atoms with Gasteiger partial charge in [-0.25, -0.2) is 4.39 Å². The number of nitrogens with one attached hydrogen (secondary N) is 1. The minimum absolute atomic E-state index is 0.137. The van der Waals surface area contributed by atoms with E-state index in [9.17, 15) is 4.39 Å². The van der Waals surface area contributed by atoms with Gasteiger partial charge in [0, 0.05) is 12.2 Å². The molecule has 0 saturated heterocycles. The van der Waals surface area contributed by atoms with Crippen LogP contribution in [0.2, 0.25) is 0 Å². The third-order valence-corrected chi connectivity index (χ3v) is 2.84. The fourth-order valence-corrected chi connectivity index (χ4v) is 1.59. The predicted molar refractivity (Wildman–Crippen MR) is 73.9 cm³/mol. The molecule has 0 radical (unpaired) electrons. The highest BCUT2D eigenvalue weighted by molar-refractivity contribution is 4.90. The zero-order chi connectivity index (χ0) is 13.3. The lowest BCUT2D eigenvalue weighted by Crippen LogP contribution is -2.18. The smallest absolute Gasteiger partial charge is 0.102 e. The molecule has 0 spiro atoms. The van der Waals surface area contributed by atoms with E-state index in [0.29, 0.717) is 6.42 Å². The van der Waals surface area contributed by atoms with Crippen LogP contribution in [0.4, 0.5) is 4.39 Å². The number of allylic oxidation sites excluding steroid dienone is 1. The van der Waals surface area contributed by atoms with Gasteiger partial charge in [-0.3, -0.25) is 0 Å². The maximum absolute atomic E-state index is 13.3. The number of hydrogen-bond acceptors (Lipinski definition) is 2. The lowest BCUT2D eigenvalue weighted by molar-refractivity contribution is 0.236. The maximum atomic E-state index is 13.3. The molecule has 3 heteroatoms. The van der Waals surface area contributed by atoms with Crippen LogP contribution in [0.5, 0.6) is 0 Å². The number of alkyl halides is 1. The second-order valence-electron chi connectivity index (χ2n) is 5.34. The molecule has 0 fully saturated rings. The predicted octanol–water partition coefficient (Wildman–Crippen LogP) is 3.21.